The summed E-state index contributed by atoms with van der Waals surface area (Å²) >= 11 is 0. The number of aliphatic imine (C=N–C) groups is 1. The molecule has 0 bridgehead atoms. The lowest BCUT2D eigenvalue weighted by molar-refractivity contribution is 0.742. The molecular formula is C41H45N4+. The SMILES string of the molecule is NCCCc1ccccc1.[CH+]=CC(=C\C)/C(C=C)=C/C=NCCCCN1c2ccccc2N(c2ccccc2)c2ccccc21. The third-order valence-corrected chi connectivity index (χ3v) is 7.68. The van der Waals surface area contributed by atoms with E-state index in [-0.39, 0.29) is 0 Å². The van der Waals surface area contributed by atoms with Crippen LogP contribution in [-0.2, 0) is 6.42 Å². The van der Waals surface area contributed by atoms with Crippen LogP contribution in [0.2, 0.25) is 0 Å². The number of allylic oxidation sites excluding steroid dienone is 6. The van der Waals surface area contributed by atoms with Crippen molar-refractivity contribution in [2.24, 2.45) is 10.7 Å². The predicted octanol–water partition coefficient (Wildman–Crippen LogP) is 10.1. The number of benzene rings is 4. The quantitative estimate of drug-likeness (QED) is 0.0726. The second kappa shape index (κ2) is 17.9. The van der Waals surface area contributed by atoms with Crippen LogP contribution in [0.1, 0.15) is 31.7 Å². The maximum Gasteiger partial charge on any atom is 0.159 e. The standard InChI is InChI=1S/C32H32N3.C9H13N/c1-4-26(5-2)27(6-3)22-24-33-23-14-15-25-34-29-18-10-12-20-31(29)35(28-16-8-7-9-17-28)32-21-13-11-19-30(32)34;10-8-4-7-9-5-2-1-3-6-9/h1,4-13,16-22,24H,3,14-15,23,25H2,2H3;1-3,5-6H,4,7-8,10H2/q+1;/b26-5+,27-22+,33-24?;. The van der Waals surface area contributed by atoms with Crippen LogP contribution in [0.3, 0.4) is 0 Å². The number of nitrogens with two attached hydrogens (primary N) is 1. The molecule has 0 fully saturated rings. The van der Waals surface area contributed by atoms with Gasteiger partial charge in [0.2, 0.25) is 0 Å². The predicted molar refractivity (Wildman–Crippen MR) is 195 cm³/mol. The van der Waals surface area contributed by atoms with Crippen LogP contribution in [0.5, 0.6) is 0 Å². The van der Waals surface area contributed by atoms with Crippen molar-refractivity contribution in [2.75, 3.05) is 29.4 Å². The van der Waals surface area contributed by atoms with E-state index in [4.69, 9.17) is 12.3 Å². The van der Waals surface area contributed by atoms with Gasteiger partial charge in [-0.15, -0.1) is 0 Å². The average Bonchev–Trinajstić information content (AvgIpc) is 3.10. The molecule has 0 amide bonds. The lowest BCUT2D eigenvalue weighted by Crippen LogP contribution is -2.28. The van der Waals surface area contributed by atoms with Gasteiger partial charge in [0.05, 0.1) is 28.3 Å². The Morgan fingerprint density at radius 2 is 1.33 bits per heavy atom. The monoisotopic (exact) mass is 593 g/mol. The maximum atomic E-state index is 5.68. The summed E-state index contributed by atoms with van der Waals surface area (Å²) in [6.45, 7) is 14.0. The topological polar surface area (TPSA) is 44.9 Å². The van der Waals surface area contributed by atoms with Crippen LogP contribution in [-0.4, -0.2) is 25.8 Å². The minimum absolute atomic E-state index is 0.783. The second-order valence-corrected chi connectivity index (χ2v) is 10.7. The van der Waals surface area contributed by atoms with Gasteiger partial charge in [-0.2, -0.15) is 0 Å². The molecule has 1 heterocycles. The molecule has 0 radical (unpaired) electrons. The molecule has 45 heavy (non-hydrogen) atoms. The molecule has 4 aromatic rings. The fraction of sp³-hybridized carbons (Fsp3) is 0.195. The van der Waals surface area contributed by atoms with E-state index in [1.54, 1.807) is 12.2 Å². The molecule has 0 atom stereocenters. The number of anilines is 5. The summed E-state index contributed by atoms with van der Waals surface area (Å²) in [5.41, 5.74) is 14.7. The zero-order valence-corrected chi connectivity index (χ0v) is 26.4. The van der Waals surface area contributed by atoms with Gasteiger partial charge in [-0.25, -0.2) is 0 Å². The fourth-order valence-corrected chi connectivity index (χ4v) is 5.39. The molecule has 4 heteroatoms. The van der Waals surface area contributed by atoms with Gasteiger partial charge >= 0.3 is 0 Å². The third kappa shape index (κ3) is 9.00. The van der Waals surface area contributed by atoms with E-state index < -0.39 is 0 Å². The molecule has 2 N–H and O–H groups in total. The van der Waals surface area contributed by atoms with Gasteiger partial charge in [0.25, 0.3) is 0 Å². The number of para-hydroxylation sites is 5. The number of fused-ring (bicyclic) bond motifs is 2. The Hall–Kier alpha value is -5.02. The van der Waals surface area contributed by atoms with Crippen LogP contribution in [0.15, 0.2) is 156 Å². The molecule has 0 spiro atoms. The van der Waals surface area contributed by atoms with Gasteiger partial charge in [-0.3, -0.25) is 4.99 Å². The van der Waals surface area contributed by atoms with Gasteiger partial charge in [-0.05, 0) is 93.3 Å². The number of hydrogen-bond acceptors (Lipinski definition) is 4. The highest BCUT2D eigenvalue weighted by atomic mass is 15.3. The van der Waals surface area contributed by atoms with Crippen molar-refractivity contribution in [3.8, 4) is 0 Å². The Morgan fingerprint density at radius 1 is 0.756 bits per heavy atom. The van der Waals surface area contributed by atoms with Crippen LogP contribution < -0.4 is 15.5 Å². The summed E-state index contributed by atoms with van der Waals surface area (Å²) in [4.78, 5) is 9.37. The summed E-state index contributed by atoms with van der Waals surface area (Å²) in [5, 5.41) is 0. The normalized spacial score (nSPS) is 12.6. The van der Waals surface area contributed by atoms with Crippen molar-refractivity contribution in [3.63, 3.8) is 0 Å². The van der Waals surface area contributed by atoms with Crippen molar-refractivity contribution in [1.82, 2.24) is 0 Å². The minimum Gasteiger partial charge on any atom is -0.338 e. The molecule has 228 valence electrons. The van der Waals surface area contributed by atoms with Crippen LogP contribution in [0.25, 0.3) is 0 Å². The molecule has 0 aromatic heterocycles. The van der Waals surface area contributed by atoms with E-state index in [1.807, 2.05) is 31.4 Å². The van der Waals surface area contributed by atoms with E-state index >= 15 is 0 Å². The zero-order chi connectivity index (χ0) is 31.7. The first-order valence-corrected chi connectivity index (χ1v) is 15.8. The number of rotatable bonds is 13. The Balaban J connectivity index is 0.000000392. The first kappa shape index (κ1) is 32.9. The van der Waals surface area contributed by atoms with Gasteiger partial charge in [0.15, 0.2) is 6.08 Å². The van der Waals surface area contributed by atoms with Crippen molar-refractivity contribution < 1.29 is 0 Å². The Kier molecular flexibility index (Phi) is 13.1. The van der Waals surface area contributed by atoms with E-state index in [9.17, 15) is 0 Å². The van der Waals surface area contributed by atoms with E-state index in [0.717, 1.165) is 56.5 Å². The smallest absolute Gasteiger partial charge is 0.159 e. The van der Waals surface area contributed by atoms with Crippen LogP contribution in [0.4, 0.5) is 28.4 Å². The van der Waals surface area contributed by atoms with Crippen LogP contribution >= 0.6 is 0 Å². The molecule has 5 rings (SSSR count). The summed E-state index contributed by atoms with van der Waals surface area (Å²) < 4.78 is 0. The van der Waals surface area contributed by atoms with Crippen molar-refractivity contribution >= 4 is 34.7 Å². The van der Waals surface area contributed by atoms with Gasteiger partial charge in [-0.1, -0.05) is 79.4 Å². The molecule has 1 aliphatic heterocycles. The number of hydrogen-bond donors (Lipinski definition) is 1. The molecule has 0 aliphatic carbocycles. The largest absolute Gasteiger partial charge is 0.338 e. The highest BCUT2D eigenvalue weighted by Crippen LogP contribution is 2.50. The van der Waals surface area contributed by atoms with Gasteiger partial charge in [0, 0.05) is 37.6 Å². The van der Waals surface area contributed by atoms with Gasteiger partial charge in [0.1, 0.15) is 5.57 Å². The highest BCUT2D eigenvalue weighted by Gasteiger charge is 2.28. The molecule has 1 aliphatic rings. The third-order valence-electron chi connectivity index (χ3n) is 7.68. The number of unbranched alkanes of at least 4 members (excludes halogenated alkanes) is 1. The molecule has 0 unspecified atom stereocenters. The molecule has 0 saturated heterocycles. The highest BCUT2D eigenvalue weighted by molar-refractivity contribution is 5.97. The second-order valence-electron chi connectivity index (χ2n) is 10.7. The van der Waals surface area contributed by atoms with Crippen molar-refractivity contribution in [2.45, 2.75) is 32.6 Å². The van der Waals surface area contributed by atoms with Crippen LogP contribution in [0, 0.1) is 6.58 Å². The van der Waals surface area contributed by atoms with E-state index in [0.29, 0.717) is 0 Å². The van der Waals surface area contributed by atoms with E-state index in [1.165, 1.54) is 34.0 Å². The Labute approximate surface area is 270 Å². The van der Waals surface area contributed by atoms with Crippen molar-refractivity contribution in [1.29, 1.82) is 0 Å². The van der Waals surface area contributed by atoms with E-state index in [2.05, 4.69) is 124 Å². The van der Waals surface area contributed by atoms with Gasteiger partial charge < -0.3 is 15.5 Å². The summed E-state index contributed by atoms with van der Waals surface area (Å²) in [5.74, 6) is 0. The number of nitrogens with zero attached hydrogens (tertiary/aromatic N) is 3. The maximum absolute atomic E-state index is 5.68. The van der Waals surface area contributed by atoms with Crippen molar-refractivity contribution in [3.05, 3.63) is 163 Å². The summed E-state index contributed by atoms with van der Waals surface area (Å²) in [6.07, 6.45) is 13.4. The summed E-state index contributed by atoms with van der Waals surface area (Å²) in [7, 11) is 0. The lowest BCUT2D eigenvalue weighted by atomic mass is 10.1. The minimum atomic E-state index is 0.783. The Morgan fingerprint density at radius 3 is 1.89 bits per heavy atom. The molecule has 4 aromatic carbocycles. The average molecular weight is 594 g/mol. The summed E-state index contributed by atoms with van der Waals surface area (Å²) in [6, 6.07) is 38.3. The molecule has 4 nitrogen and oxygen atoms in total. The first-order chi connectivity index (χ1) is 22.2. The lowest BCUT2D eigenvalue weighted by Gasteiger charge is -2.40. The fourth-order valence-electron chi connectivity index (χ4n) is 5.39. The molecular weight excluding hydrogens is 548 g/mol. The Bertz CT molecular complexity index is 1540. The molecule has 0 saturated carbocycles. The first-order valence-electron chi connectivity index (χ1n) is 15.8. The number of aryl methyl sites for hydroxylation is 1. The zero-order valence-electron chi connectivity index (χ0n) is 26.4.